The van der Waals surface area contributed by atoms with Crippen LogP contribution in [0.4, 0.5) is 17.1 Å². The van der Waals surface area contributed by atoms with E-state index in [9.17, 15) is 0 Å². The summed E-state index contributed by atoms with van der Waals surface area (Å²) < 4.78 is 15.4. The Balaban J connectivity index is 1.38. The van der Waals surface area contributed by atoms with Gasteiger partial charge in [-0.05, 0) is 64.5 Å². The van der Waals surface area contributed by atoms with Crippen molar-refractivity contribution in [2.24, 2.45) is 0 Å². The number of hydrogen-bond acceptors (Lipinski definition) is 3. The number of nitrogens with zero attached hydrogens (tertiary/aromatic N) is 2. The molecule has 5 heterocycles. The Labute approximate surface area is 237 Å². The van der Waals surface area contributed by atoms with E-state index in [4.69, 9.17) is 9.47 Å². The van der Waals surface area contributed by atoms with Crippen LogP contribution in [0.1, 0.15) is 17.2 Å². The molecule has 5 aromatic carbocycles. The van der Waals surface area contributed by atoms with Crippen molar-refractivity contribution in [3.8, 4) is 34.3 Å². The molecule has 190 valence electrons. The molecule has 1 atom stereocenters. The summed E-state index contributed by atoms with van der Waals surface area (Å²) in [7, 11) is 0. The van der Waals surface area contributed by atoms with Crippen LogP contribution in [0.2, 0.25) is 0 Å². The van der Waals surface area contributed by atoms with Crippen molar-refractivity contribution in [2.75, 3.05) is 4.90 Å². The monoisotopic (exact) mass is 525 g/mol. The molecule has 0 amide bonds. The van der Waals surface area contributed by atoms with E-state index >= 15 is 0 Å². The highest BCUT2D eigenvalue weighted by atomic mass is 16.5. The van der Waals surface area contributed by atoms with Gasteiger partial charge in [-0.25, -0.2) is 0 Å². The molecule has 5 heteroatoms. The fraction of sp³-hybridized carbons (Fsp3) is 0.0278. The molecule has 41 heavy (non-hydrogen) atoms. The van der Waals surface area contributed by atoms with Crippen molar-refractivity contribution in [1.29, 1.82) is 0 Å². The third-order valence-electron chi connectivity index (χ3n) is 9.04. The molecule has 0 fully saturated rings. The first-order valence-corrected chi connectivity index (χ1v) is 14.1. The second-order valence-corrected chi connectivity index (χ2v) is 11.1. The Bertz CT molecular complexity index is 1960. The molecule has 0 radical (unpaired) electrons. The lowest BCUT2D eigenvalue weighted by Gasteiger charge is -2.44. The minimum Gasteiger partial charge on any atom is -0.453 e. The van der Waals surface area contributed by atoms with Gasteiger partial charge in [-0.3, -0.25) is 0 Å². The van der Waals surface area contributed by atoms with E-state index in [0.717, 1.165) is 34.5 Å². The third-order valence-corrected chi connectivity index (χ3v) is 9.04. The van der Waals surface area contributed by atoms with E-state index in [0.29, 0.717) is 0 Å². The van der Waals surface area contributed by atoms with Crippen LogP contribution in [0, 0.1) is 0 Å². The zero-order valence-electron chi connectivity index (χ0n) is 22.0. The van der Waals surface area contributed by atoms with Gasteiger partial charge in [0.05, 0.1) is 23.0 Å². The van der Waals surface area contributed by atoms with Crippen molar-refractivity contribution >= 4 is 40.2 Å². The van der Waals surface area contributed by atoms with Crippen LogP contribution in [-0.4, -0.2) is 6.71 Å². The van der Waals surface area contributed by atoms with Gasteiger partial charge < -0.3 is 14.4 Å². The van der Waals surface area contributed by atoms with E-state index in [-0.39, 0.29) is 12.8 Å². The standard InChI is InChI=1S/C36H22BN2O2/c1-2-10-22(11-3-1)23-20-24-34-28(21-23)39-27-14-4-5-15-29(27)40-31-17-9-13-26(36(31)39)37(34)25-12-8-16-30-33(25)35(24)38-19-7-6-18-32(38)41-30/h1-21,35H/q+1. The second kappa shape index (κ2) is 7.67. The number of rotatable bonds is 1. The SMILES string of the molecule is c1ccc(-c2cc3c4c(c2)N2c5ccccc5Oc5cccc(c52)B4c2cccc4c2C3[n+]2ccccc2O4)cc1. The molecular formula is C36H22BN2O2+. The molecule has 10 rings (SSSR count). The maximum atomic E-state index is 6.54. The van der Waals surface area contributed by atoms with Gasteiger partial charge >= 0.3 is 5.88 Å². The van der Waals surface area contributed by atoms with Crippen molar-refractivity contribution < 1.29 is 14.0 Å². The summed E-state index contributed by atoms with van der Waals surface area (Å²) in [5, 5.41) is 0. The summed E-state index contributed by atoms with van der Waals surface area (Å²) in [4.78, 5) is 2.44. The zero-order chi connectivity index (χ0) is 26.7. The van der Waals surface area contributed by atoms with Crippen LogP contribution < -0.4 is 35.3 Å². The molecule has 0 saturated heterocycles. The van der Waals surface area contributed by atoms with E-state index in [1.165, 1.54) is 44.3 Å². The molecule has 4 aliphatic rings. The van der Waals surface area contributed by atoms with Gasteiger partial charge in [-0.15, -0.1) is 0 Å². The highest BCUT2D eigenvalue weighted by Crippen LogP contribution is 2.53. The highest BCUT2D eigenvalue weighted by Gasteiger charge is 2.51. The fourth-order valence-corrected chi connectivity index (χ4v) is 7.46. The third kappa shape index (κ3) is 2.73. The predicted molar refractivity (Wildman–Crippen MR) is 162 cm³/mol. The van der Waals surface area contributed by atoms with E-state index in [2.05, 4.69) is 125 Å². The van der Waals surface area contributed by atoms with Gasteiger partial charge in [-0.1, -0.05) is 72.2 Å². The second-order valence-electron chi connectivity index (χ2n) is 11.1. The van der Waals surface area contributed by atoms with Crippen LogP contribution >= 0.6 is 0 Å². The number of para-hydroxylation sites is 3. The normalized spacial score (nSPS) is 15.9. The van der Waals surface area contributed by atoms with Gasteiger partial charge in [0, 0.05) is 17.3 Å². The number of benzene rings is 5. The van der Waals surface area contributed by atoms with Crippen LogP contribution in [-0.2, 0) is 0 Å². The van der Waals surface area contributed by atoms with E-state index in [1.54, 1.807) is 0 Å². The van der Waals surface area contributed by atoms with Crippen LogP contribution in [0.3, 0.4) is 0 Å². The lowest BCUT2D eigenvalue weighted by molar-refractivity contribution is -0.711. The number of fused-ring (bicyclic) bond motifs is 8. The Morgan fingerprint density at radius 3 is 2.32 bits per heavy atom. The molecule has 0 saturated carbocycles. The Morgan fingerprint density at radius 2 is 1.39 bits per heavy atom. The minimum absolute atomic E-state index is 0.000768. The molecule has 4 nitrogen and oxygen atoms in total. The number of hydrogen-bond donors (Lipinski definition) is 0. The van der Waals surface area contributed by atoms with Crippen molar-refractivity contribution in [1.82, 2.24) is 0 Å². The first-order valence-electron chi connectivity index (χ1n) is 14.1. The smallest absolute Gasteiger partial charge is 0.374 e. The largest absolute Gasteiger partial charge is 0.453 e. The Kier molecular flexibility index (Phi) is 4.03. The van der Waals surface area contributed by atoms with Gasteiger partial charge in [-0.2, -0.15) is 4.57 Å². The van der Waals surface area contributed by atoms with Gasteiger partial charge in [0.1, 0.15) is 5.75 Å². The van der Waals surface area contributed by atoms with Crippen molar-refractivity contribution in [3.05, 3.63) is 139 Å². The highest BCUT2D eigenvalue weighted by molar-refractivity contribution is 6.99. The summed E-state index contributed by atoms with van der Waals surface area (Å²) in [6, 6.07) is 43.2. The molecule has 0 bridgehead atoms. The molecule has 1 unspecified atom stereocenters. The summed E-state index contributed by atoms with van der Waals surface area (Å²) in [6.45, 7) is 0.0607. The summed E-state index contributed by atoms with van der Waals surface area (Å²) >= 11 is 0. The molecule has 1 aromatic heterocycles. The Morgan fingerprint density at radius 1 is 0.610 bits per heavy atom. The number of anilines is 3. The maximum absolute atomic E-state index is 6.54. The molecule has 4 aliphatic heterocycles. The van der Waals surface area contributed by atoms with Crippen LogP contribution in [0.15, 0.2) is 128 Å². The van der Waals surface area contributed by atoms with Crippen LogP contribution in [0.25, 0.3) is 11.1 Å². The van der Waals surface area contributed by atoms with Crippen LogP contribution in [0.5, 0.6) is 23.1 Å². The van der Waals surface area contributed by atoms with Gasteiger partial charge in [0.2, 0.25) is 12.8 Å². The lowest BCUT2D eigenvalue weighted by atomic mass is 9.31. The quantitative estimate of drug-likeness (QED) is 0.191. The summed E-state index contributed by atoms with van der Waals surface area (Å²) in [6.07, 6.45) is 2.15. The molecule has 0 spiro atoms. The first kappa shape index (κ1) is 21.5. The average Bonchev–Trinajstić information content (AvgIpc) is 3.03. The van der Waals surface area contributed by atoms with E-state index < -0.39 is 0 Å². The summed E-state index contributed by atoms with van der Waals surface area (Å²) in [5.41, 5.74) is 12.3. The average molecular weight is 525 g/mol. The molecular weight excluding hydrogens is 503 g/mol. The zero-order valence-corrected chi connectivity index (χ0v) is 22.0. The molecule has 6 aromatic rings. The Hall–Kier alpha value is -5.29. The fourth-order valence-electron chi connectivity index (χ4n) is 7.46. The lowest BCUT2D eigenvalue weighted by Crippen LogP contribution is -2.65. The minimum atomic E-state index is 0.000768. The maximum Gasteiger partial charge on any atom is 0.374 e. The number of pyridine rings is 1. The predicted octanol–water partition coefficient (Wildman–Crippen LogP) is 6.10. The molecule has 0 aliphatic carbocycles. The van der Waals surface area contributed by atoms with Crippen molar-refractivity contribution in [3.63, 3.8) is 0 Å². The van der Waals surface area contributed by atoms with Crippen molar-refractivity contribution in [2.45, 2.75) is 6.04 Å². The summed E-state index contributed by atoms with van der Waals surface area (Å²) in [5.74, 6) is 3.56. The topological polar surface area (TPSA) is 25.6 Å². The molecule has 0 N–H and O–H groups in total. The number of ether oxygens (including phenoxy) is 2. The van der Waals surface area contributed by atoms with E-state index in [1.807, 2.05) is 12.1 Å². The van der Waals surface area contributed by atoms with Gasteiger partial charge in [0.25, 0.3) is 0 Å². The van der Waals surface area contributed by atoms with Gasteiger partial charge in [0.15, 0.2) is 17.7 Å². The first-order chi connectivity index (χ1) is 20.3. The number of aromatic nitrogens is 1.